The SMILES string of the molecule is CCC(CC)(CNC(C)(C)C)CN(C)Cc1ccc(C)o1. The van der Waals surface area contributed by atoms with Crippen molar-refractivity contribution in [1.82, 2.24) is 10.2 Å². The second-order valence-corrected chi connectivity index (χ2v) is 7.50. The molecule has 122 valence electrons. The van der Waals surface area contributed by atoms with Crippen LogP contribution >= 0.6 is 0 Å². The van der Waals surface area contributed by atoms with Gasteiger partial charge in [-0.15, -0.1) is 0 Å². The molecule has 1 rings (SSSR count). The summed E-state index contributed by atoms with van der Waals surface area (Å²) >= 11 is 0. The van der Waals surface area contributed by atoms with Crippen molar-refractivity contribution in [2.75, 3.05) is 20.1 Å². The predicted octanol–water partition coefficient (Wildman–Crippen LogP) is 4.21. The summed E-state index contributed by atoms with van der Waals surface area (Å²) < 4.78 is 5.69. The van der Waals surface area contributed by atoms with Crippen LogP contribution in [0.4, 0.5) is 0 Å². The minimum absolute atomic E-state index is 0.173. The van der Waals surface area contributed by atoms with Gasteiger partial charge in [0.2, 0.25) is 0 Å². The van der Waals surface area contributed by atoms with Crippen LogP contribution in [-0.4, -0.2) is 30.6 Å². The maximum Gasteiger partial charge on any atom is 0.118 e. The average Bonchev–Trinajstić information content (AvgIpc) is 2.79. The Morgan fingerprint density at radius 2 is 1.76 bits per heavy atom. The lowest BCUT2D eigenvalue weighted by Gasteiger charge is -2.38. The third kappa shape index (κ3) is 6.23. The summed E-state index contributed by atoms with van der Waals surface area (Å²) in [6, 6.07) is 4.12. The van der Waals surface area contributed by atoms with Crippen LogP contribution in [0.1, 0.15) is 59.0 Å². The lowest BCUT2D eigenvalue weighted by molar-refractivity contribution is 0.135. The minimum atomic E-state index is 0.173. The van der Waals surface area contributed by atoms with Crippen molar-refractivity contribution in [2.45, 2.75) is 66.5 Å². The van der Waals surface area contributed by atoms with Crippen molar-refractivity contribution in [3.8, 4) is 0 Å². The summed E-state index contributed by atoms with van der Waals surface area (Å²) in [4.78, 5) is 2.38. The van der Waals surface area contributed by atoms with E-state index in [9.17, 15) is 0 Å². The van der Waals surface area contributed by atoms with Crippen molar-refractivity contribution in [2.24, 2.45) is 5.41 Å². The van der Waals surface area contributed by atoms with Crippen LogP contribution in [-0.2, 0) is 6.54 Å². The number of nitrogens with one attached hydrogen (secondary N) is 1. The van der Waals surface area contributed by atoms with Crippen LogP contribution in [0.15, 0.2) is 16.5 Å². The van der Waals surface area contributed by atoms with Crippen molar-refractivity contribution < 1.29 is 4.42 Å². The van der Waals surface area contributed by atoms with E-state index in [1.165, 1.54) is 12.8 Å². The van der Waals surface area contributed by atoms with Gasteiger partial charge >= 0.3 is 0 Å². The first kappa shape index (κ1) is 18.2. The molecule has 21 heavy (non-hydrogen) atoms. The fourth-order valence-electron chi connectivity index (χ4n) is 2.70. The molecule has 1 aromatic rings. The quantitative estimate of drug-likeness (QED) is 0.778. The van der Waals surface area contributed by atoms with Crippen molar-refractivity contribution in [1.29, 1.82) is 0 Å². The third-order valence-corrected chi connectivity index (χ3v) is 4.32. The molecule has 0 bridgehead atoms. The van der Waals surface area contributed by atoms with Crippen molar-refractivity contribution in [3.05, 3.63) is 23.7 Å². The van der Waals surface area contributed by atoms with Crippen LogP contribution in [0.25, 0.3) is 0 Å². The highest BCUT2D eigenvalue weighted by Gasteiger charge is 2.29. The number of hydrogen-bond donors (Lipinski definition) is 1. The molecule has 3 nitrogen and oxygen atoms in total. The Balaban J connectivity index is 2.63. The highest BCUT2D eigenvalue weighted by atomic mass is 16.3. The standard InChI is InChI=1S/C18H34N2O/c1-8-18(9-2,13-19-17(4,5)6)14-20(7)12-16-11-10-15(3)21-16/h10-11,19H,8-9,12-14H2,1-7H3. The Morgan fingerprint density at radius 3 is 2.19 bits per heavy atom. The molecule has 0 aliphatic heterocycles. The Labute approximate surface area is 131 Å². The van der Waals surface area contributed by atoms with Gasteiger partial charge in [-0.05, 0) is 65.1 Å². The van der Waals surface area contributed by atoms with Gasteiger partial charge < -0.3 is 9.73 Å². The zero-order valence-electron chi connectivity index (χ0n) is 15.0. The summed E-state index contributed by atoms with van der Waals surface area (Å²) in [5.41, 5.74) is 0.496. The molecule has 1 N–H and O–H groups in total. The fourth-order valence-corrected chi connectivity index (χ4v) is 2.70. The minimum Gasteiger partial charge on any atom is -0.465 e. The Kier molecular flexibility index (Phi) is 6.48. The molecule has 0 amide bonds. The predicted molar refractivity (Wildman–Crippen MR) is 90.5 cm³/mol. The Hall–Kier alpha value is -0.800. The molecule has 0 atom stereocenters. The normalized spacial score (nSPS) is 13.1. The van der Waals surface area contributed by atoms with Gasteiger partial charge in [0, 0.05) is 18.6 Å². The van der Waals surface area contributed by atoms with Crippen LogP contribution in [0.2, 0.25) is 0 Å². The molecule has 0 aromatic carbocycles. The monoisotopic (exact) mass is 294 g/mol. The molecule has 0 aliphatic carbocycles. The van der Waals surface area contributed by atoms with E-state index in [4.69, 9.17) is 4.42 Å². The van der Waals surface area contributed by atoms with E-state index in [1.54, 1.807) is 0 Å². The second kappa shape index (κ2) is 7.46. The van der Waals surface area contributed by atoms with E-state index in [-0.39, 0.29) is 5.54 Å². The summed E-state index contributed by atoms with van der Waals surface area (Å²) in [6.07, 6.45) is 2.38. The Bertz CT molecular complexity index is 413. The van der Waals surface area contributed by atoms with E-state index >= 15 is 0 Å². The molecule has 3 heteroatoms. The molecule has 0 unspecified atom stereocenters. The molecule has 1 aromatic heterocycles. The second-order valence-electron chi connectivity index (χ2n) is 7.50. The first-order chi connectivity index (χ1) is 9.69. The zero-order chi connectivity index (χ0) is 16.1. The van der Waals surface area contributed by atoms with Crippen LogP contribution in [0.3, 0.4) is 0 Å². The molecule has 0 saturated carbocycles. The van der Waals surface area contributed by atoms with Crippen molar-refractivity contribution >= 4 is 0 Å². The molecular weight excluding hydrogens is 260 g/mol. The molecule has 1 heterocycles. The smallest absolute Gasteiger partial charge is 0.118 e. The van der Waals surface area contributed by atoms with E-state index in [1.807, 2.05) is 13.0 Å². The zero-order valence-corrected chi connectivity index (χ0v) is 15.0. The highest BCUT2D eigenvalue weighted by Crippen LogP contribution is 2.28. The number of rotatable bonds is 8. The van der Waals surface area contributed by atoms with E-state index in [0.29, 0.717) is 5.41 Å². The summed E-state index contributed by atoms with van der Waals surface area (Å²) in [6.45, 7) is 16.3. The molecule has 0 saturated heterocycles. The van der Waals surface area contributed by atoms with Gasteiger partial charge in [0.1, 0.15) is 11.5 Å². The number of furan rings is 1. The van der Waals surface area contributed by atoms with E-state index in [2.05, 4.69) is 57.9 Å². The maximum atomic E-state index is 5.69. The number of hydrogen-bond acceptors (Lipinski definition) is 3. The molecular formula is C18H34N2O. The fraction of sp³-hybridized carbons (Fsp3) is 0.778. The number of aryl methyl sites for hydroxylation is 1. The maximum absolute atomic E-state index is 5.69. The first-order valence-corrected chi connectivity index (χ1v) is 8.18. The summed E-state index contributed by atoms with van der Waals surface area (Å²) in [5, 5.41) is 3.69. The summed E-state index contributed by atoms with van der Waals surface area (Å²) in [5.74, 6) is 2.05. The lowest BCUT2D eigenvalue weighted by Crippen LogP contribution is -2.47. The van der Waals surface area contributed by atoms with Gasteiger partial charge in [0.15, 0.2) is 0 Å². The topological polar surface area (TPSA) is 28.4 Å². The van der Waals surface area contributed by atoms with E-state index < -0.39 is 0 Å². The third-order valence-electron chi connectivity index (χ3n) is 4.32. The number of nitrogens with zero attached hydrogens (tertiary/aromatic N) is 1. The first-order valence-electron chi connectivity index (χ1n) is 8.18. The molecule has 0 fully saturated rings. The summed E-state index contributed by atoms with van der Waals surface area (Å²) in [7, 11) is 2.19. The van der Waals surface area contributed by atoms with Gasteiger partial charge in [-0.2, -0.15) is 0 Å². The molecule has 0 spiro atoms. The van der Waals surface area contributed by atoms with Crippen LogP contribution < -0.4 is 5.32 Å². The van der Waals surface area contributed by atoms with Gasteiger partial charge in [-0.25, -0.2) is 0 Å². The van der Waals surface area contributed by atoms with Crippen LogP contribution in [0.5, 0.6) is 0 Å². The van der Waals surface area contributed by atoms with Crippen molar-refractivity contribution in [3.63, 3.8) is 0 Å². The molecule has 0 aliphatic rings. The van der Waals surface area contributed by atoms with Gasteiger partial charge in [0.05, 0.1) is 6.54 Å². The lowest BCUT2D eigenvalue weighted by atomic mass is 9.81. The van der Waals surface area contributed by atoms with Gasteiger partial charge in [-0.1, -0.05) is 13.8 Å². The van der Waals surface area contributed by atoms with Gasteiger partial charge in [-0.3, -0.25) is 4.90 Å². The van der Waals surface area contributed by atoms with Crippen LogP contribution in [0, 0.1) is 12.3 Å². The molecule has 0 radical (unpaired) electrons. The largest absolute Gasteiger partial charge is 0.465 e. The van der Waals surface area contributed by atoms with Gasteiger partial charge in [0.25, 0.3) is 0 Å². The highest BCUT2D eigenvalue weighted by molar-refractivity contribution is 5.05. The van der Waals surface area contributed by atoms with E-state index in [0.717, 1.165) is 31.2 Å². The Morgan fingerprint density at radius 1 is 1.14 bits per heavy atom. The average molecular weight is 294 g/mol.